The molecule has 1 amide bonds. The van der Waals surface area contributed by atoms with E-state index in [1.807, 2.05) is 24.3 Å². The molecule has 0 unspecified atom stereocenters. The molecule has 0 fully saturated rings. The molecule has 0 atom stereocenters. The van der Waals surface area contributed by atoms with Crippen molar-refractivity contribution in [1.29, 1.82) is 0 Å². The number of amides is 1. The standard InChI is InChI=1S/C15H14BrClN2O/c1-19(10-8-11-5-2-3-9-18-11)15(20)12-6-4-7-13(16)14(12)17/h2-7,9H,8,10H2,1H3. The van der Waals surface area contributed by atoms with Crippen LogP contribution in [0.4, 0.5) is 0 Å². The second kappa shape index (κ2) is 6.86. The van der Waals surface area contributed by atoms with Crippen molar-refractivity contribution in [3.05, 3.63) is 63.3 Å². The first-order chi connectivity index (χ1) is 9.59. The maximum atomic E-state index is 12.3. The van der Waals surface area contributed by atoms with Crippen molar-refractivity contribution in [3.8, 4) is 0 Å². The van der Waals surface area contributed by atoms with E-state index < -0.39 is 0 Å². The number of carbonyl (C=O) groups excluding carboxylic acids is 1. The van der Waals surface area contributed by atoms with Gasteiger partial charge in [-0.05, 0) is 40.2 Å². The Balaban J connectivity index is 2.04. The van der Waals surface area contributed by atoms with Gasteiger partial charge in [-0.2, -0.15) is 0 Å². The van der Waals surface area contributed by atoms with Gasteiger partial charge in [-0.15, -0.1) is 0 Å². The summed E-state index contributed by atoms with van der Waals surface area (Å²) in [5, 5.41) is 0.446. The summed E-state index contributed by atoms with van der Waals surface area (Å²) in [7, 11) is 1.77. The zero-order valence-electron chi connectivity index (χ0n) is 11.0. The van der Waals surface area contributed by atoms with Crippen LogP contribution in [0.1, 0.15) is 16.1 Å². The average molecular weight is 354 g/mol. The lowest BCUT2D eigenvalue weighted by atomic mass is 10.2. The van der Waals surface area contributed by atoms with Gasteiger partial charge in [0.2, 0.25) is 0 Å². The Labute approximate surface area is 131 Å². The van der Waals surface area contributed by atoms with Gasteiger partial charge in [-0.3, -0.25) is 9.78 Å². The molecule has 1 heterocycles. The molecule has 0 spiro atoms. The maximum Gasteiger partial charge on any atom is 0.255 e. The van der Waals surface area contributed by atoms with E-state index in [4.69, 9.17) is 11.6 Å². The fourth-order valence-electron chi connectivity index (χ4n) is 1.80. The highest BCUT2D eigenvalue weighted by Crippen LogP contribution is 2.26. The van der Waals surface area contributed by atoms with E-state index in [2.05, 4.69) is 20.9 Å². The molecule has 0 saturated carbocycles. The minimum absolute atomic E-state index is 0.0905. The fraction of sp³-hybridized carbons (Fsp3) is 0.200. The summed E-state index contributed by atoms with van der Waals surface area (Å²) in [6, 6.07) is 11.1. The van der Waals surface area contributed by atoms with Gasteiger partial charge in [0.25, 0.3) is 5.91 Å². The Hall–Kier alpha value is -1.39. The summed E-state index contributed by atoms with van der Waals surface area (Å²) in [6.07, 6.45) is 2.47. The minimum Gasteiger partial charge on any atom is -0.341 e. The summed E-state index contributed by atoms with van der Waals surface area (Å²) in [5.41, 5.74) is 1.47. The van der Waals surface area contributed by atoms with E-state index >= 15 is 0 Å². The first-order valence-corrected chi connectivity index (χ1v) is 7.36. The third-order valence-electron chi connectivity index (χ3n) is 2.96. The lowest BCUT2D eigenvalue weighted by molar-refractivity contribution is 0.0796. The summed E-state index contributed by atoms with van der Waals surface area (Å²) < 4.78 is 0.725. The van der Waals surface area contributed by atoms with Gasteiger partial charge >= 0.3 is 0 Å². The predicted molar refractivity (Wildman–Crippen MR) is 84.1 cm³/mol. The van der Waals surface area contributed by atoms with E-state index in [0.29, 0.717) is 23.6 Å². The van der Waals surface area contributed by atoms with Crippen molar-refractivity contribution in [2.75, 3.05) is 13.6 Å². The number of benzene rings is 1. The molecule has 5 heteroatoms. The third kappa shape index (κ3) is 3.58. The van der Waals surface area contributed by atoms with Crippen molar-refractivity contribution < 1.29 is 4.79 Å². The molecular weight excluding hydrogens is 340 g/mol. The molecule has 0 aliphatic heterocycles. The van der Waals surface area contributed by atoms with Gasteiger partial charge in [0.1, 0.15) is 0 Å². The maximum absolute atomic E-state index is 12.3. The lowest BCUT2D eigenvalue weighted by Crippen LogP contribution is -2.29. The van der Waals surface area contributed by atoms with Crippen LogP contribution in [0.15, 0.2) is 47.1 Å². The lowest BCUT2D eigenvalue weighted by Gasteiger charge is -2.18. The Morgan fingerprint density at radius 2 is 2.10 bits per heavy atom. The Bertz CT molecular complexity index is 604. The van der Waals surface area contributed by atoms with Crippen LogP contribution in [0.5, 0.6) is 0 Å². The van der Waals surface area contributed by atoms with Crippen LogP contribution in [-0.4, -0.2) is 29.4 Å². The normalized spacial score (nSPS) is 10.3. The van der Waals surface area contributed by atoms with E-state index in [9.17, 15) is 4.79 Å². The smallest absolute Gasteiger partial charge is 0.255 e. The van der Waals surface area contributed by atoms with E-state index in [1.165, 1.54) is 0 Å². The molecular formula is C15H14BrClN2O. The van der Waals surface area contributed by atoms with Crippen molar-refractivity contribution in [3.63, 3.8) is 0 Å². The molecule has 0 aliphatic carbocycles. The van der Waals surface area contributed by atoms with Gasteiger partial charge in [0.05, 0.1) is 10.6 Å². The van der Waals surface area contributed by atoms with Crippen molar-refractivity contribution in [2.45, 2.75) is 6.42 Å². The van der Waals surface area contributed by atoms with Crippen LogP contribution in [0.2, 0.25) is 5.02 Å². The molecule has 0 bridgehead atoms. The molecule has 0 N–H and O–H groups in total. The summed E-state index contributed by atoms with van der Waals surface area (Å²) in [5.74, 6) is -0.0905. The van der Waals surface area contributed by atoms with Gasteiger partial charge in [0, 0.05) is 36.4 Å². The zero-order chi connectivity index (χ0) is 14.5. The number of pyridine rings is 1. The SMILES string of the molecule is CN(CCc1ccccn1)C(=O)c1cccc(Br)c1Cl. The van der Waals surface area contributed by atoms with Gasteiger partial charge in [-0.1, -0.05) is 23.7 Å². The highest BCUT2D eigenvalue weighted by molar-refractivity contribution is 9.10. The number of carbonyl (C=O) groups is 1. The molecule has 3 nitrogen and oxygen atoms in total. The predicted octanol–water partition coefficient (Wildman–Crippen LogP) is 3.81. The Kier molecular flexibility index (Phi) is 5.15. The quantitative estimate of drug-likeness (QED) is 0.837. The molecule has 0 aliphatic rings. The molecule has 0 saturated heterocycles. The second-order valence-corrected chi connectivity index (χ2v) is 5.63. The first kappa shape index (κ1) is 15.0. The van der Waals surface area contributed by atoms with Crippen LogP contribution in [0, 0.1) is 0 Å². The highest BCUT2D eigenvalue weighted by atomic mass is 79.9. The molecule has 1 aromatic carbocycles. The summed E-state index contributed by atoms with van der Waals surface area (Å²) in [6.45, 7) is 0.596. The number of hydrogen-bond donors (Lipinski definition) is 0. The molecule has 20 heavy (non-hydrogen) atoms. The topological polar surface area (TPSA) is 33.2 Å². The number of likely N-dealkylation sites (N-methyl/N-ethyl adjacent to an activating group) is 1. The van der Waals surface area contributed by atoms with E-state index in [0.717, 1.165) is 10.2 Å². The second-order valence-electron chi connectivity index (χ2n) is 4.40. The molecule has 0 radical (unpaired) electrons. The van der Waals surface area contributed by atoms with Gasteiger partial charge in [0.15, 0.2) is 0 Å². The number of halogens is 2. The summed E-state index contributed by atoms with van der Waals surface area (Å²) >= 11 is 9.47. The van der Waals surface area contributed by atoms with Crippen LogP contribution in [0.3, 0.4) is 0 Å². The highest BCUT2D eigenvalue weighted by Gasteiger charge is 2.16. The summed E-state index contributed by atoms with van der Waals surface area (Å²) in [4.78, 5) is 18.2. The molecule has 2 rings (SSSR count). The third-order valence-corrected chi connectivity index (χ3v) is 4.25. The number of nitrogens with zero attached hydrogens (tertiary/aromatic N) is 2. The largest absolute Gasteiger partial charge is 0.341 e. The van der Waals surface area contributed by atoms with Crippen molar-refractivity contribution >= 4 is 33.4 Å². The van der Waals surface area contributed by atoms with Crippen LogP contribution < -0.4 is 0 Å². The van der Waals surface area contributed by atoms with Crippen molar-refractivity contribution in [1.82, 2.24) is 9.88 Å². The van der Waals surface area contributed by atoms with Crippen LogP contribution in [0.25, 0.3) is 0 Å². The number of hydrogen-bond acceptors (Lipinski definition) is 2. The first-order valence-electron chi connectivity index (χ1n) is 6.19. The average Bonchev–Trinajstić information content (AvgIpc) is 2.48. The number of aromatic nitrogens is 1. The van der Waals surface area contributed by atoms with E-state index in [-0.39, 0.29) is 5.91 Å². The van der Waals surface area contributed by atoms with Crippen LogP contribution in [-0.2, 0) is 6.42 Å². The Morgan fingerprint density at radius 1 is 1.30 bits per heavy atom. The van der Waals surface area contributed by atoms with Gasteiger partial charge in [-0.25, -0.2) is 0 Å². The zero-order valence-corrected chi connectivity index (χ0v) is 13.4. The molecule has 1 aromatic heterocycles. The number of rotatable bonds is 4. The van der Waals surface area contributed by atoms with Crippen molar-refractivity contribution in [2.24, 2.45) is 0 Å². The van der Waals surface area contributed by atoms with Gasteiger partial charge < -0.3 is 4.90 Å². The molecule has 2 aromatic rings. The monoisotopic (exact) mass is 352 g/mol. The van der Waals surface area contributed by atoms with E-state index in [1.54, 1.807) is 30.3 Å². The Morgan fingerprint density at radius 3 is 2.80 bits per heavy atom. The molecule has 104 valence electrons. The minimum atomic E-state index is -0.0905. The fourth-order valence-corrected chi connectivity index (χ4v) is 2.38. The van der Waals surface area contributed by atoms with Crippen LogP contribution >= 0.6 is 27.5 Å².